The highest BCUT2D eigenvalue weighted by molar-refractivity contribution is 9.10. The topological polar surface area (TPSA) is 17.1 Å². The van der Waals surface area contributed by atoms with Crippen molar-refractivity contribution in [1.29, 1.82) is 0 Å². The summed E-state index contributed by atoms with van der Waals surface area (Å²) in [7, 11) is 0. The Morgan fingerprint density at radius 2 is 1.92 bits per heavy atom. The molecule has 1 aliphatic rings. The molecule has 0 bridgehead atoms. The predicted octanol–water partition coefficient (Wildman–Crippen LogP) is 5.77. The Labute approximate surface area is 144 Å². The third-order valence-corrected chi connectivity index (χ3v) is 4.74. The molecule has 0 radical (unpaired) electrons. The summed E-state index contributed by atoms with van der Waals surface area (Å²) in [6, 6.07) is 7.88. The van der Waals surface area contributed by atoms with Crippen molar-refractivity contribution in [1.82, 2.24) is 0 Å². The number of halogens is 5. The van der Waals surface area contributed by atoms with Gasteiger partial charge in [0.25, 0.3) is 0 Å². The van der Waals surface area contributed by atoms with Gasteiger partial charge in [0.1, 0.15) is 12.1 Å². The van der Waals surface area contributed by atoms with Crippen LogP contribution in [0.2, 0.25) is 0 Å². The lowest BCUT2D eigenvalue weighted by atomic mass is 10.0. The molecule has 6 heteroatoms. The number of alkyl halides is 3. The molecular formula is C18H13BrF4O. The monoisotopic (exact) mass is 400 g/mol. The lowest BCUT2D eigenvalue weighted by molar-refractivity contribution is -0.137. The fourth-order valence-corrected chi connectivity index (χ4v) is 3.52. The van der Waals surface area contributed by atoms with Crippen LogP contribution in [0.3, 0.4) is 0 Å². The molecule has 1 aliphatic carbocycles. The van der Waals surface area contributed by atoms with Gasteiger partial charge in [0, 0.05) is 10.0 Å². The second-order valence-corrected chi connectivity index (χ2v) is 6.96. The zero-order valence-electron chi connectivity index (χ0n) is 12.4. The van der Waals surface area contributed by atoms with E-state index >= 15 is 0 Å². The SMILES string of the molecule is O=Cc1cc(Br)cc(C2CC2Cc2cc(C(F)(F)F)ccc2F)c1. The van der Waals surface area contributed by atoms with Crippen LogP contribution in [0.4, 0.5) is 17.6 Å². The summed E-state index contributed by atoms with van der Waals surface area (Å²) in [5, 5.41) is 0. The molecule has 2 aromatic rings. The van der Waals surface area contributed by atoms with Crippen molar-refractivity contribution in [2.24, 2.45) is 5.92 Å². The third kappa shape index (κ3) is 3.69. The van der Waals surface area contributed by atoms with Crippen LogP contribution < -0.4 is 0 Å². The molecule has 0 saturated heterocycles. The third-order valence-electron chi connectivity index (χ3n) is 4.28. The number of hydrogen-bond acceptors (Lipinski definition) is 1. The molecule has 24 heavy (non-hydrogen) atoms. The lowest BCUT2D eigenvalue weighted by Crippen LogP contribution is -2.07. The van der Waals surface area contributed by atoms with Crippen molar-refractivity contribution < 1.29 is 22.4 Å². The van der Waals surface area contributed by atoms with Crippen LogP contribution in [0.15, 0.2) is 40.9 Å². The second kappa shape index (κ2) is 6.31. The van der Waals surface area contributed by atoms with E-state index in [0.29, 0.717) is 5.56 Å². The van der Waals surface area contributed by atoms with Crippen LogP contribution in [0.5, 0.6) is 0 Å². The molecule has 0 heterocycles. The molecule has 2 unspecified atom stereocenters. The fraction of sp³-hybridized carbons (Fsp3) is 0.278. The summed E-state index contributed by atoms with van der Waals surface area (Å²) in [6.07, 6.45) is -2.71. The number of hydrogen-bond donors (Lipinski definition) is 0. The van der Waals surface area contributed by atoms with Crippen LogP contribution in [0.1, 0.15) is 39.4 Å². The van der Waals surface area contributed by atoms with Crippen molar-refractivity contribution in [3.8, 4) is 0 Å². The molecule has 1 nitrogen and oxygen atoms in total. The highest BCUT2D eigenvalue weighted by Gasteiger charge is 2.39. The quantitative estimate of drug-likeness (QED) is 0.470. The van der Waals surface area contributed by atoms with Gasteiger partial charge in [-0.15, -0.1) is 0 Å². The first-order chi connectivity index (χ1) is 11.3. The summed E-state index contributed by atoms with van der Waals surface area (Å²) in [5.41, 5.74) is 0.740. The molecular weight excluding hydrogens is 388 g/mol. The van der Waals surface area contributed by atoms with Crippen LogP contribution in [-0.4, -0.2) is 6.29 Å². The van der Waals surface area contributed by atoms with Crippen molar-refractivity contribution >= 4 is 22.2 Å². The molecule has 2 atom stereocenters. The van der Waals surface area contributed by atoms with E-state index in [9.17, 15) is 22.4 Å². The second-order valence-electron chi connectivity index (χ2n) is 6.05. The lowest BCUT2D eigenvalue weighted by Gasteiger charge is -2.10. The molecule has 2 aromatic carbocycles. The van der Waals surface area contributed by atoms with E-state index < -0.39 is 17.6 Å². The molecule has 0 aliphatic heterocycles. The zero-order chi connectivity index (χ0) is 17.5. The van der Waals surface area contributed by atoms with Crippen molar-refractivity contribution in [2.75, 3.05) is 0 Å². The minimum atomic E-state index is -4.48. The maximum Gasteiger partial charge on any atom is 0.416 e. The van der Waals surface area contributed by atoms with Gasteiger partial charge >= 0.3 is 6.18 Å². The van der Waals surface area contributed by atoms with E-state index in [1.54, 1.807) is 12.1 Å². The van der Waals surface area contributed by atoms with Crippen molar-refractivity contribution in [2.45, 2.75) is 24.9 Å². The normalized spacial score (nSPS) is 20.0. The van der Waals surface area contributed by atoms with Gasteiger partial charge in [-0.25, -0.2) is 4.39 Å². The van der Waals surface area contributed by atoms with Gasteiger partial charge < -0.3 is 0 Å². The van der Waals surface area contributed by atoms with E-state index in [-0.39, 0.29) is 23.8 Å². The Hall–Kier alpha value is -1.69. The molecule has 0 spiro atoms. The number of rotatable bonds is 4. The molecule has 3 rings (SSSR count). The van der Waals surface area contributed by atoms with E-state index in [4.69, 9.17) is 0 Å². The predicted molar refractivity (Wildman–Crippen MR) is 85.5 cm³/mol. The van der Waals surface area contributed by atoms with Gasteiger partial charge in [-0.1, -0.05) is 15.9 Å². The molecule has 0 N–H and O–H groups in total. The highest BCUT2D eigenvalue weighted by Crippen LogP contribution is 2.50. The highest BCUT2D eigenvalue weighted by atomic mass is 79.9. The Kier molecular flexibility index (Phi) is 4.51. The van der Waals surface area contributed by atoms with E-state index in [1.165, 1.54) is 0 Å². The number of carbonyl (C=O) groups excluding carboxylic acids is 1. The van der Waals surface area contributed by atoms with E-state index in [0.717, 1.165) is 40.9 Å². The zero-order valence-corrected chi connectivity index (χ0v) is 14.0. The first kappa shape index (κ1) is 17.1. The number of aldehydes is 1. The molecule has 1 fully saturated rings. The fourth-order valence-electron chi connectivity index (χ4n) is 2.99. The average Bonchev–Trinajstić information content (AvgIpc) is 3.27. The Balaban J connectivity index is 1.78. The van der Waals surface area contributed by atoms with Gasteiger partial charge in [0.2, 0.25) is 0 Å². The summed E-state index contributed by atoms with van der Waals surface area (Å²) in [4.78, 5) is 10.9. The van der Waals surface area contributed by atoms with Crippen LogP contribution >= 0.6 is 15.9 Å². The molecule has 126 valence electrons. The first-order valence-electron chi connectivity index (χ1n) is 7.39. The summed E-state index contributed by atoms with van der Waals surface area (Å²) in [5.74, 6) is -0.400. The molecule has 1 saturated carbocycles. The van der Waals surface area contributed by atoms with Crippen LogP contribution in [0.25, 0.3) is 0 Å². The van der Waals surface area contributed by atoms with Gasteiger partial charge in [0.05, 0.1) is 5.56 Å². The Morgan fingerprint density at radius 1 is 1.17 bits per heavy atom. The van der Waals surface area contributed by atoms with E-state index in [2.05, 4.69) is 15.9 Å². The van der Waals surface area contributed by atoms with Gasteiger partial charge in [0.15, 0.2) is 0 Å². The smallest absolute Gasteiger partial charge is 0.298 e. The first-order valence-corrected chi connectivity index (χ1v) is 8.18. The van der Waals surface area contributed by atoms with Gasteiger partial charge in [-0.3, -0.25) is 4.79 Å². The van der Waals surface area contributed by atoms with E-state index in [1.807, 2.05) is 6.07 Å². The number of benzene rings is 2. The van der Waals surface area contributed by atoms with Crippen LogP contribution in [-0.2, 0) is 12.6 Å². The minimum Gasteiger partial charge on any atom is -0.298 e. The minimum absolute atomic E-state index is 0.0804. The Morgan fingerprint density at radius 3 is 2.58 bits per heavy atom. The maximum atomic E-state index is 13.8. The maximum absolute atomic E-state index is 13.8. The standard InChI is InChI=1S/C18H13BrF4O/c19-15-4-10(9-24)3-11(7-15)16-8-12(16)5-13-6-14(18(21,22)23)1-2-17(13)20/h1-4,6-7,9,12,16H,5,8H2. The largest absolute Gasteiger partial charge is 0.416 e. The summed E-state index contributed by atoms with van der Waals surface area (Å²) < 4.78 is 52.9. The summed E-state index contributed by atoms with van der Waals surface area (Å²) in [6.45, 7) is 0. The molecule has 0 aromatic heterocycles. The Bertz CT molecular complexity index is 785. The average molecular weight is 401 g/mol. The van der Waals surface area contributed by atoms with Crippen molar-refractivity contribution in [3.63, 3.8) is 0 Å². The van der Waals surface area contributed by atoms with Gasteiger partial charge in [-0.05, 0) is 72.2 Å². The molecule has 0 amide bonds. The summed E-state index contributed by atoms with van der Waals surface area (Å²) >= 11 is 3.34. The van der Waals surface area contributed by atoms with Crippen LogP contribution in [0, 0.1) is 11.7 Å². The number of carbonyl (C=O) groups is 1. The van der Waals surface area contributed by atoms with Gasteiger partial charge in [-0.2, -0.15) is 13.2 Å². The van der Waals surface area contributed by atoms with Crippen molar-refractivity contribution in [3.05, 3.63) is 68.9 Å².